The van der Waals surface area contributed by atoms with Crippen molar-refractivity contribution in [2.24, 2.45) is 0 Å². The van der Waals surface area contributed by atoms with E-state index >= 15 is 0 Å². The molecule has 0 aromatic rings. The van der Waals surface area contributed by atoms with E-state index < -0.39 is 6.10 Å². The highest BCUT2D eigenvalue weighted by atomic mass is 16.6. The Labute approximate surface area is 414 Å². The number of allylic oxidation sites excluding steroid dienone is 14. The third-order valence-electron chi connectivity index (χ3n) is 11.8. The van der Waals surface area contributed by atoms with E-state index in [0.717, 1.165) is 109 Å². The van der Waals surface area contributed by atoms with E-state index in [-0.39, 0.29) is 31.1 Å². The molecule has 0 saturated carbocycles. The lowest BCUT2D eigenvalue weighted by Crippen LogP contribution is -2.30. The number of hydrogen-bond donors (Lipinski definition) is 0. The van der Waals surface area contributed by atoms with Crippen molar-refractivity contribution in [2.45, 2.75) is 271 Å². The summed E-state index contributed by atoms with van der Waals surface area (Å²) in [6, 6.07) is 0. The summed E-state index contributed by atoms with van der Waals surface area (Å²) < 4.78 is 16.8. The Bertz CT molecular complexity index is 1300. The zero-order valence-corrected chi connectivity index (χ0v) is 43.9. The van der Waals surface area contributed by atoms with E-state index in [1.165, 1.54) is 116 Å². The number of unbranched alkanes of at least 4 members (excludes halogenated alkanes) is 25. The highest BCUT2D eigenvalue weighted by molar-refractivity contribution is 5.71. The fraction of sp³-hybridized carbons (Fsp3) is 0.721. The summed E-state index contributed by atoms with van der Waals surface area (Å²) in [6.07, 6.45) is 71.3. The van der Waals surface area contributed by atoms with Gasteiger partial charge in [0, 0.05) is 19.3 Å². The van der Waals surface area contributed by atoms with Gasteiger partial charge in [-0.1, -0.05) is 209 Å². The summed E-state index contributed by atoms with van der Waals surface area (Å²) in [5.74, 6) is -0.942. The summed E-state index contributed by atoms with van der Waals surface area (Å²) in [4.78, 5) is 38.1. The van der Waals surface area contributed by atoms with Crippen molar-refractivity contribution >= 4 is 17.9 Å². The molecule has 0 rings (SSSR count). The molecule has 6 nitrogen and oxygen atoms in total. The lowest BCUT2D eigenvalue weighted by molar-refractivity contribution is -0.167. The first-order valence-corrected chi connectivity index (χ1v) is 28.1. The molecule has 0 aromatic carbocycles. The van der Waals surface area contributed by atoms with E-state index in [1.807, 2.05) is 0 Å². The SMILES string of the molecule is CCCCC/C=C/C/C=C/C/C=C/C/C=C/CCCCCC(=O)OC[C@@H](COC(=O)CCCCCCCCC/C=C/CCCCCC)OC(=O)CCCCCCC/C=C/C/C=C/CCCCC. The first-order valence-electron chi connectivity index (χ1n) is 28.1. The number of hydrogen-bond acceptors (Lipinski definition) is 6. The number of ether oxygens (including phenoxy) is 3. The second-order valence-electron chi connectivity index (χ2n) is 18.5. The summed E-state index contributed by atoms with van der Waals surface area (Å²) >= 11 is 0. The molecule has 0 saturated heterocycles. The van der Waals surface area contributed by atoms with Gasteiger partial charge < -0.3 is 14.2 Å². The number of rotatable bonds is 50. The molecule has 6 heteroatoms. The van der Waals surface area contributed by atoms with Gasteiger partial charge in [0.1, 0.15) is 13.2 Å². The molecule has 0 amide bonds. The molecular formula is C61H104O6. The predicted molar refractivity (Wildman–Crippen MR) is 288 cm³/mol. The van der Waals surface area contributed by atoms with E-state index in [0.29, 0.717) is 19.3 Å². The van der Waals surface area contributed by atoms with Crippen LogP contribution in [0.5, 0.6) is 0 Å². The van der Waals surface area contributed by atoms with Crippen LogP contribution in [-0.2, 0) is 28.6 Å². The van der Waals surface area contributed by atoms with Crippen LogP contribution >= 0.6 is 0 Å². The predicted octanol–water partition coefficient (Wildman–Crippen LogP) is 18.8. The summed E-state index contributed by atoms with van der Waals surface area (Å²) in [7, 11) is 0. The van der Waals surface area contributed by atoms with Crippen LogP contribution in [0.25, 0.3) is 0 Å². The minimum absolute atomic E-state index is 0.0950. The third-order valence-corrected chi connectivity index (χ3v) is 11.8. The average molecular weight is 933 g/mol. The van der Waals surface area contributed by atoms with Gasteiger partial charge in [-0.25, -0.2) is 0 Å². The smallest absolute Gasteiger partial charge is 0.306 e. The van der Waals surface area contributed by atoms with Crippen molar-refractivity contribution in [1.82, 2.24) is 0 Å². The first-order chi connectivity index (χ1) is 33.0. The van der Waals surface area contributed by atoms with Gasteiger partial charge in [0.15, 0.2) is 6.10 Å². The Hall–Kier alpha value is -3.41. The molecule has 0 aliphatic rings. The molecule has 0 bridgehead atoms. The maximum atomic E-state index is 12.8. The molecule has 0 fully saturated rings. The number of carbonyl (C=O) groups excluding carboxylic acids is 3. The minimum Gasteiger partial charge on any atom is -0.462 e. The summed E-state index contributed by atoms with van der Waals surface area (Å²) in [5.41, 5.74) is 0. The Balaban J connectivity index is 4.47. The van der Waals surface area contributed by atoms with E-state index in [1.54, 1.807) is 0 Å². The van der Waals surface area contributed by atoms with E-state index in [9.17, 15) is 14.4 Å². The molecular weight excluding hydrogens is 829 g/mol. The second-order valence-corrected chi connectivity index (χ2v) is 18.5. The lowest BCUT2D eigenvalue weighted by Gasteiger charge is -2.18. The Morgan fingerprint density at radius 2 is 0.537 bits per heavy atom. The van der Waals surface area contributed by atoms with Gasteiger partial charge in [-0.3, -0.25) is 14.4 Å². The van der Waals surface area contributed by atoms with Crippen LogP contribution in [-0.4, -0.2) is 37.2 Å². The van der Waals surface area contributed by atoms with Crippen LogP contribution in [0.4, 0.5) is 0 Å². The van der Waals surface area contributed by atoms with Crippen LogP contribution < -0.4 is 0 Å². The largest absolute Gasteiger partial charge is 0.462 e. The molecule has 1 atom stereocenters. The molecule has 0 radical (unpaired) electrons. The van der Waals surface area contributed by atoms with E-state index in [2.05, 4.69) is 106 Å². The van der Waals surface area contributed by atoms with Crippen LogP contribution in [0.15, 0.2) is 85.1 Å². The fourth-order valence-electron chi connectivity index (χ4n) is 7.57. The molecule has 0 aromatic heterocycles. The zero-order chi connectivity index (χ0) is 48.6. The van der Waals surface area contributed by atoms with Gasteiger partial charge in [0.2, 0.25) is 0 Å². The van der Waals surface area contributed by atoms with Crippen molar-refractivity contribution < 1.29 is 28.6 Å². The molecule has 0 aliphatic heterocycles. The molecule has 0 heterocycles. The van der Waals surface area contributed by atoms with Crippen molar-refractivity contribution in [2.75, 3.05) is 13.2 Å². The van der Waals surface area contributed by atoms with Crippen molar-refractivity contribution in [1.29, 1.82) is 0 Å². The first kappa shape index (κ1) is 63.6. The maximum Gasteiger partial charge on any atom is 0.306 e. The minimum atomic E-state index is -0.799. The fourth-order valence-corrected chi connectivity index (χ4v) is 7.57. The molecule has 0 spiro atoms. The van der Waals surface area contributed by atoms with Crippen molar-refractivity contribution in [3.8, 4) is 0 Å². The standard InChI is InChI=1S/C61H104O6/c1-4-7-10-13-16-19-22-25-28-29-30-31-34-36-39-42-45-48-51-54-60(63)66-57-58(67-61(64)55-52-49-46-43-40-37-33-27-24-21-18-15-12-9-6-3)56-65-59(62)53-50-47-44-41-38-35-32-26-23-20-17-14-11-8-5-2/h16,18-21,23,25,27-28,30-31,33,36,39,58H,4-15,17,22,24,26,29,32,34-35,37-38,40-57H2,1-3H3/b19-16+,21-18+,23-20+,28-25+,31-30+,33-27+,39-36+/t58-/m1/s1. The Kier molecular flexibility index (Phi) is 52.4. The quantitative estimate of drug-likeness (QED) is 0.0262. The maximum absolute atomic E-state index is 12.8. The van der Waals surface area contributed by atoms with Crippen LogP contribution in [0.2, 0.25) is 0 Å². The summed E-state index contributed by atoms with van der Waals surface area (Å²) in [6.45, 7) is 6.54. The van der Waals surface area contributed by atoms with Gasteiger partial charge in [-0.2, -0.15) is 0 Å². The highest BCUT2D eigenvalue weighted by Gasteiger charge is 2.19. The monoisotopic (exact) mass is 933 g/mol. The normalized spacial score (nSPS) is 12.7. The molecule has 0 N–H and O–H groups in total. The molecule has 0 aliphatic carbocycles. The van der Waals surface area contributed by atoms with Gasteiger partial charge in [0.05, 0.1) is 0 Å². The Morgan fingerprint density at radius 3 is 0.896 bits per heavy atom. The van der Waals surface area contributed by atoms with E-state index in [4.69, 9.17) is 14.2 Å². The lowest BCUT2D eigenvalue weighted by atomic mass is 10.1. The molecule has 384 valence electrons. The molecule has 0 unspecified atom stereocenters. The van der Waals surface area contributed by atoms with Gasteiger partial charge in [-0.05, 0) is 122 Å². The topological polar surface area (TPSA) is 78.9 Å². The van der Waals surface area contributed by atoms with Gasteiger partial charge in [-0.15, -0.1) is 0 Å². The average Bonchev–Trinajstić information content (AvgIpc) is 3.33. The highest BCUT2D eigenvalue weighted by Crippen LogP contribution is 2.14. The molecule has 67 heavy (non-hydrogen) atoms. The zero-order valence-electron chi connectivity index (χ0n) is 43.9. The van der Waals surface area contributed by atoms with Gasteiger partial charge >= 0.3 is 17.9 Å². The Morgan fingerprint density at radius 1 is 0.299 bits per heavy atom. The number of esters is 3. The van der Waals surface area contributed by atoms with Crippen LogP contribution in [0, 0.1) is 0 Å². The van der Waals surface area contributed by atoms with Gasteiger partial charge in [0.25, 0.3) is 0 Å². The van der Waals surface area contributed by atoms with Crippen LogP contribution in [0.3, 0.4) is 0 Å². The number of carbonyl (C=O) groups is 3. The van der Waals surface area contributed by atoms with Crippen molar-refractivity contribution in [3.05, 3.63) is 85.1 Å². The third kappa shape index (κ3) is 53.4. The second kappa shape index (κ2) is 55.2. The van der Waals surface area contributed by atoms with Crippen LogP contribution in [0.1, 0.15) is 265 Å². The summed E-state index contributed by atoms with van der Waals surface area (Å²) in [5, 5.41) is 0. The van der Waals surface area contributed by atoms with Crippen molar-refractivity contribution in [3.63, 3.8) is 0 Å².